The van der Waals surface area contributed by atoms with Crippen molar-refractivity contribution in [1.29, 1.82) is 0 Å². The first-order chi connectivity index (χ1) is 11.0. The Hall–Kier alpha value is -3.09. The Kier molecular flexibility index (Phi) is 3.61. The Morgan fingerprint density at radius 1 is 1.26 bits per heavy atom. The topological polar surface area (TPSA) is 90.2 Å². The number of nitrogens with two attached hydrogens (primary N) is 1. The smallest absolute Gasteiger partial charge is 0.352 e. The van der Waals surface area contributed by atoms with Gasteiger partial charge in [-0.3, -0.25) is 0 Å². The third kappa shape index (κ3) is 2.80. The number of aromatic nitrogens is 3. The molecule has 0 unspecified atom stereocenters. The van der Waals surface area contributed by atoms with E-state index in [-0.39, 0.29) is 17.1 Å². The van der Waals surface area contributed by atoms with Crippen LogP contribution < -0.4 is 11.4 Å². The lowest BCUT2D eigenvalue weighted by Gasteiger charge is -2.04. The summed E-state index contributed by atoms with van der Waals surface area (Å²) in [5.41, 5.74) is 7.58. The van der Waals surface area contributed by atoms with Gasteiger partial charge in [0.1, 0.15) is 5.39 Å². The molecule has 2 N–H and O–H groups in total. The van der Waals surface area contributed by atoms with Crippen LogP contribution >= 0.6 is 0 Å². The number of anilines is 1. The van der Waals surface area contributed by atoms with E-state index in [0.29, 0.717) is 5.65 Å². The molecule has 2 aromatic heterocycles. The lowest BCUT2D eigenvalue weighted by Crippen LogP contribution is -2.06. The molecule has 118 valence electrons. The van der Waals surface area contributed by atoms with Crippen LogP contribution in [0.15, 0.2) is 39.7 Å². The van der Waals surface area contributed by atoms with Gasteiger partial charge in [-0.1, -0.05) is 17.7 Å². The molecule has 0 bridgehead atoms. The van der Waals surface area contributed by atoms with Crippen LogP contribution in [-0.4, -0.2) is 33.8 Å². The summed E-state index contributed by atoms with van der Waals surface area (Å²) in [7, 11) is 3.73. The van der Waals surface area contributed by atoms with Crippen molar-refractivity contribution in [1.82, 2.24) is 19.7 Å². The molecule has 7 heteroatoms. The number of hydrogen-bond acceptors (Lipinski definition) is 6. The highest BCUT2D eigenvalue weighted by atomic mass is 16.4. The predicted octanol–water partition coefficient (Wildman–Crippen LogP) is 1.80. The third-order valence-corrected chi connectivity index (χ3v) is 3.30. The molecule has 0 amide bonds. The molecule has 1 aromatic carbocycles. The second-order valence-corrected chi connectivity index (χ2v) is 5.45. The summed E-state index contributed by atoms with van der Waals surface area (Å²) < 4.78 is 6.73. The van der Waals surface area contributed by atoms with Crippen molar-refractivity contribution < 1.29 is 4.42 Å². The number of nitrogen functional groups attached to an aromatic ring is 1. The molecular formula is C16H17N5O2. The second-order valence-electron chi connectivity index (χ2n) is 5.45. The van der Waals surface area contributed by atoms with Crippen molar-refractivity contribution in [2.24, 2.45) is 0 Å². The first-order valence-corrected chi connectivity index (χ1v) is 7.07. The SMILES string of the molecule is Cc1ccc(-n2nc(N)c3c(=O)oc(C=CN(C)C)nc32)cc1. The van der Waals surface area contributed by atoms with Crippen molar-refractivity contribution in [3.63, 3.8) is 0 Å². The molecule has 3 rings (SSSR count). The van der Waals surface area contributed by atoms with Crippen LogP contribution in [0.1, 0.15) is 11.5 Å². The van der Waals surface area contributed by atoms with Gasteiger partial charge < -0.3 is 15.1 Å². The maximum absolute atomic E-state index is 12.2. The lowest BCUT2D eigenvalue weighted by atomic mass is 10.2. The Morgan fingerprint density at radius 2 is 1.96 bits per heavy atom. The van der Waals surface area contributed by atoms with E-state index in [0.717, 1.165) is 11.3 Å². The number of hydrogen-bond donors (Lipinski definition) is 1. The zero-order chi connectivity index (χ0) is 16.6. The molecule has 0 atom stereocenters. The van der Waals surface area contributed by atoms with Crippen molar-refractivity contribution >= 4 is 22.9 Å². The van der Waals surface area contributed by atoms with Gasteiger partial charge in [0.2, 0.25) is 5.89 Å². The average molecular weight is 311 g/mol. The van der Waals surface area contributed by atoms with Crippen LogP contribution in [0, 0.1) is 6.92 Å². The normalized spacial score (nSPS) is 11.4. The highest BCUT2D eigenvalue weighted by Crippen LogP contribution is 2.20. The van der Waals surface area contributed by atoms with E-state index in [2.05, 4.69) is 10.1 Å². The van der Waals surface area contributed by atoms with Crippen LogP contribution in [0.3, 0.4) is 0 Å². The molecule has 0 radical (unpaired) electrons. The Morgan fingerprint density at radius 3 is 2.61 bits per heavy atom. The van der Waals surface area contributed by atoms with Gasteiger partial charge in [0, 0.05) is 26.4 Å². The quantitative estimate of drug-likeness (QED) is 0.793. The van der Waals surface area contributed by atoms with Gasteiger partial charge in [-0.2, -0.15) is 4.98 Å². The number of benzene rings is 1. The van der Waals surface area contributed by atoms with E-state index >= 15 is 0 Å². The summed E-state index contributed by atoms with van der Waals surface area (Å²) in [6, 6.07) is 7.70. The summed E-state index contributed by atoms with van der Waals surface area (Å²) in [6.07, 6.45) is 3.36. The lowest BCUT2D eigenvalue weighted by molar-refractivity contribution is 0.487. The summed E-state index contributed by atoms with van der Waals surface area (Å²) in [6.45, 7) is 2.00. The third-order valence-electron chi connectivity index (χ3n) is 3.30. The van der Waals surface area contributed by atoms with Gasteiger partial charge >= 0.3 is 5.63 Å². The number of aryl methyl sites for hydroxylation is 1. The van der Waals surface area contributed by atoms with Gasteiger partial charge in [0.05, 0.1) is 5.69 Å². The van der Waals surface area contributed by atoms with E-state index < -0.39 is 5.63 Å². The summed E-state index contributed by atoms with van der Waals surface area (Å²) >= 11 is 0. The van der Waals surface area contributed by atoms with Crippen LogP contribution in [0.4, 0.5) is 5.82 Å². The monoisotopic (exact) mass is 311 g/mol. The minimum atomic E-state index is -0.552. The molecule has 0 aliphatic rings. The number of fused-ring (bicyclic) bond motifs is 1. The fraction of sp³-hybridized carbons (Fsp3) is 0.188. The van der Waals surface area contributed by atoms with Crippen LogP contribution in [0.2, 0.25) is 0 Å². The van der Waals surface area contributed by atoms with Gasteiger partial charge in [-0.25, -0.2) is 9.48 Å². The van der Waals surface area contributed by atoms with E-state index in [1.54, 1.807) is 17.0 Å². The van der Waals surface area contributed by atoms with E-state index in [1.165, 1.54) is 0 Å². The summed E-state index contributed by atoms with van der Waals surface area (Å²) in [4.78, 5) is 18.4. The Balaban J connectivity index is 2.23. The molecule has 2 heterocycles. The molecular weight excluding hydrogens is 294 g/mol. The first kappa shape index (κ1) is 14.8. The molecule has 7 nitrogen and oxygen atoms in total. The molecule has 23 heavy (non-hydrogen) atoms. The molecule has 0 aliphatic heterocycles. The van der Waals surface area contributed by atoms with Crippen molar-refractivity contribution in [2.45, 2.75) is 6.92 Å². The van der Waals surface area contributed by atoms with Crippen LogP contribution in [-0.2, 0) is 0 Å². The Bertz CT molecular complexity index is 935. The fourth-order valence-corrected chi connectivity index (χ4v) is 2.15. The standard InChI is InChI=1S/C16H17N5O2/c1-10-4-6-11(7-5-10)21-15-13(14(17)19-21)16(22)23-12(18-15)8-9-20(2)3/h4-9H,1-3H3,(H2,17,19). The summed E-state index contributed by atoms with van der Waals surface area (Å²) in [5, 5.41) is 4.41. The maximum Gasteiger partial charge on any atom is 0.352 e. The summed E-state index contributed by atoms with van der Waals surface area (Å²) in [5.74, 6) is 0.300. The van der Waals surface area contributed by atoms with Crippen molar-refractivity contribution in [3.05, 3.63) is 52.3 Å². The molecule has 0 saturated carbocycles. The van der Waals surface area contributed by atoms with Gasteiger partial charge in [-0.15, -0.1) is 5.10 Å². The van der Waals surface area contributed by atoms with E-state index in [1.807, 2.05) is 50.2 Å². The zero-order valence-electron chi connectivity index (χ0n) is 13.1. The fourth-order valence-electron chi connectivity index (χ4n) is 2.15. The minimum Gasteiger partial charge on any atom is -0.404 e. The molecule has 3 aromatic rings. The minimum absolute atomic E-state index is 0.102. The number of nitrogens with zero attached hydrogens (tertiary/aromatic N) is 4. The first-order valence-electron chi connectivity index (χ1n) is 7.07. The zero-order valence-corrected chi connectivity index (χ0v) is 13.1. The van der Waals surface area contributed by atoms with E-state index in [9.17, 15) is 4.79 Å². The molecule has 0 saturated heterocycles. The van der Waals surface area contributed by atoms with E-state index in [4.69, 9.17) is 10.2 Å². The van der Waals surface area contributed by atoms with Crippen molar-refractivity contribution in [3.8, 4) is 5.69 Å². The van der Waals surface area contributed by atoms with Gasteiger partial charge in [0.25, 0.3) is 0 Å². The molecule has 0 fully saturated rings. The highest BCUT2D eigenvalue weighted by molar-refractivity contribution is 5.86. The molecule has 0 aliphatic carbocycles. The molecule has 0 spiro atoms. The van der Waals surface area contributed by atoms with Gasteiger partial charge in [-0.05, 0) is 19.1 Å². The highest BCUT2D eigenvalue weighted by Gasteiger charge is 2.16. The van der Waals surface area contributed by atoms with Crippen LogP contribution in [0.25, 0.3) is 22.8 Å². The second kappa shape index (κ2) is 5.60. The predicted molar refractivity (Wildman–Crippen MR) is 89.3 cm³/mol. The average Bonchev–Trinajstić information content (AvgIpc) is 2.83. The largest absolute Gasteiger partial charge is 0.404 e. The van der Waals surface area contributed by atoms with Gasteiger partial charge in [0.15, 0.2) is 11.5 Å². The van der Waals surface area contributed by atoms with Crippen LogP contribution in [0.5, 0.6) is 0 Å². The Labute approximate surface area is 132 Å². The maximum atomic E-state index is 12.2. The number of rotatable bonds is 3. The van der Waals surface area contributed by atoms with Crippen molar-refractivity contribution in [2.75, 3.05) is 19.8 Å².